The number of thiophene rings is 1. The van der Waals surface area contributed by atoms with Crippen LogP contribution in [0.15, 0.2) is 50.9 Å². The van der Waals surface area contributed by atoms with Crippen molar-refractivity contribution >= 4 is 33.1 Å². The van der Waals surface area contributed by atoms with Gasteiger partial charge in [-0.25, -0.2) is 13.1 Å². The van der Waals surface area contributed by atoms with Gasteiger partial charge in [0.05, 0.1) is 0 Å². The summed E-state index contributed by atoms with van der Waals surface area (Å²) in [6, 6.07) is 11.3. The van der Waals surface area contributed by atoms with Crippen LogP contribution in [-0.4, -0.2) is 14.2 Å². The Morgan fingerprint density at radius 1 is 1.21 bits per heavy atom. The van der Waals surface area contributed by atoms with Gasteiger partial charge in [-0.05, 0) is 34.9 Å². The van der Waals surface area contributed by atoms with E-state index in [4.69, 9.17) is 0 Å². The van der Waals surface area contributed by atoms with Gasteiger partial charge in [-0.2, -0.15) is 0 Å². The van der Waals surface area contributed by atoms with E-state index in [1.807, 2.05) is 24.3 Å². The van der Waals surface area contributed by atoms with Crippen molar-refractivity contribution in [1.82, 2.24) is 4.72 Å². The molecular weight excluding hydrogens is 298 g/mol. The van der Waals surface area contributed by atoms with Gasteiger partial charge in [0.15, 0.2) is 0 Å². The van der Waals surface area contributed by atoms with Crippen molar-refractivity contribution in [1.29, 1.82) is 0 Å². The predicted molar refractivity (Wildman–Crippen MR) is 81.2 cm³/mol. The fraction of sp³-hybridized carbons (Fsp3) is 0.231. The van der Waals surface area contributed by atoms with Gasteiger partial charge in [0.1, 0.15) is 4.21 Å². The molecule has 1 heterocycles. The standard InChI is InChI=1S/C13H15NO2S3/c1-2-17-12-7-5-11(6-8-12)10-14-19(15,16)13-4-3-9-18-13/h3-9,14H,2,10H2,1H3. The molecule has 6 heteroatoms. The lowest BCUT2D eigenvalue weighted by Gasteiger charge is -2.05. The van der Waals surface area contributed by atoms with Crippen molar-refractivity contribution in [3.8, 4) is 0 Å². The fourth-order valence-corrected chi connectivity index (χ4v) is 4.25. The molecule has 3 nitrogen and oxygen atoms in total. The van der Waals surface area contributed by atoms with Crippen LogP contribution in [0.2, 0.25) is 0 Å². The molecule has 1 N–H and O–H groups in total. The van der Waals surface area contributed by atoms with E-state index in [2.05, 4.69) is 11.6 Å². The fourth-order valence-electron chi connectivity index (χ4n) is 1.54. The van der Waals surface area contributed by atoms with Crippen molar-refractivity contribution in [2.24, 2.45) is 0 Å². The Kier molecular flexibility index (Phi) is 5.04. The minimum Gasteiger partial charge on any atom is -0.206 e. The molecule has 1 aromatic carbocycles. The molecule has 0 fully saturated rings. The van der Waals surface area contributed by atoms with Crippen molar-refractivity contribution in [2.45, 2.75) is 22.6 Å². The molecule has 0 saturated heterocycles. The Hall–Kier alpha value is -0.820. The van der Waals surface area contributed by atoms with Crippen LogP contribution < -0.4 is 4.72 Å². The zero-order valence-corrected chi connectivity index (χ0v) is 12.9. The summed E-state index contributed by atoms with van der Waals surface area (Å²) < 4.78 is 26.8. The topological polar surface area (TPSA) is 46.2 Å². The van der Waals surface area contributed by atoms with Crippen molar-refractivity contribution < 1.29 is 8.42 Å². The second kappa shape index (κ2) is 6.56. The summed E-state index contributed by atoms with van der Waals surface area (Å²) in [5.41, 5.74) is 0.959. The van der Waals surface area contributed by atoms with E-state index in [9.17, 15) is 8.42 Å². The Morgan fingerprint density at radius 2 is 1.95 bits per heavy atom. The van der Waals surface area contributed by atoms with Crippen LogP contribution in [-0.2, 0) is 16.6 Å². The number of thioether (sulfide) groups is 1. The zero-order chi connectivity index (χ0) is 13.7. The smallest absolute Gasteiger partial charge is 0.206 e. The van der Waals surface area contributed by atoms with E-state index in [-0.39, 0.29) is 0 Å². The van der Waals surface area contributed by atoms with E-state index < -0.39 is 10.0 Å². The van der Waals surface area contributed by atoms with Crippen LogP contribution in [0.25, 0.3) is 0 Å². The summed E-state index contributed by atoms with van der Waals surface area (Å²) in [7, 11) is -3.37. The third kappa shape index (κ3) is 4.07. The maximum atomic E-state index is 11.9. The quantitative estimate of drug-likeness (QED) is 0.832. The minimum atomic E-state index is -3.37. The second-order valence-electron chi connectivity index (χ2n) is 3.83. The van der Waals surface area contributed by atoms with E-state index >= 15 is 0 Å². The molecule has 0 aliphatic rings. The second-order valence-corrected chi connectivity index (χ2v) is 8.11. The Labute approximate surface area is 122 Å². The lowest BCUT2D eigenvalue weighted by Crippen LogP contribution is -2.22. The molecule has 102 valence electrons. The van der Waals surface area contributed by atoms with Gasteiger partial charge in [-0.3, -0.25) is 0 Å². The van der Waals surface area contributed by atoms with E-state index in [0.717, 1.165) is 11.3 Å². The Balaban J connectivity index is 1.99. The highest BCUT2D eigenvalue weighted by Gasteiger charge is 2.14. The summed E-state index contributed by atoms with van der Waals surface area (Å²) in [6.45, 7) is 2.42. The molecule has 0 aliphatic heterocycles. The first kappa shape index (κ1) is 14.6. The van der Waals surface area contributed by atoms with Crippen LogP contribution in [0.4, 0.5) is 0 Å². The normalized spacial score (nSPS) is 11.6. The lowest BCUT2D eigenvalue weighted by atomic mass is 10.2. The van der Waals surface area contributed by atoms with Gasteiger partial charge in [-0.15, -0.1) is 23.1 Å². The average molecular weight is 313 g/mol. The SMILES string of the molecule is CCSc1ccc(CNS(=O)(=O)c2cccs2)cc1. The minimum absolute atomic E-state index is 0.317. The van der Waals surface area contributed by atoms with Crippen LogP contribution in [0, 0.1) is 0 Å². The highest BCUT2D eigenvalue weighted by molar-refractivity contribution is 7.99. The van der Waals surface area contributed by atoms with Gasteiger partial charge in [0.25, 0.3) is 0 Å². The molecule has 0 radical (unpaired) electrons. The highest BCUT2D eigenvalue weighted by Crippen LogP contribution is 2.19. The van der Waals surface area contributed by atoms with E-state index in [1.54, 1.807) is 29.3 Å². The van der Waals surface area contributed by atoms with Gasteiger partial charge in [0, 0.05) is 11.4 Å². The number of benzene rings is 1. The molecule has 0 atom stereocenters. The largest absolute Gasteiger partial charge is 0.250 e. The summed E-state index contributed by atoms with van der Waals surface area (Å²) in [4.78, 5) is 1.20. The summed E-state index contributed by atoms with van der Waals surface area (Å²) in [6.07, 6.45) is 0. The maximum Gasteiger partial charge on any atom is 0.250 e. The van der Waals surface area contributed by atoms with Gasteiger partial charge >= 0.3 is 0 Å². The molecule has 2 rings (SSSR count). The number of nitrogens with one attached hydrogen (secondary N) is 1. The van der Waals surface area contributed by atoms with Crippen molar-refractivity contribution in [2.75, 3.05) is 5.75 Å². The monoisotopic (exact) mass is 313 g/mol. The first-order valence-corrected chi connectivity index (χ1v) is 9.21. The molecule has 0 spiro atoms. The molecule has 0 saturated carbocycles. The number of hydrogen-bond acceptors (Lipinski definition) is 4. The Morgan fingerprint density at radius 3 is 2.53 bits per heavy atom. The van der Waals surface area contributed by atoms with E-state index in [1.165, 1.54) is 16.2 Å². The Bertz CT molecular complexity index is 604. The third-order valence-corrected chi connectivity index (χ3v) is 6.15. The summed E-state index contributed by atoms with van der Waals surface area (Å²) >= 11 is 2.99. The van der Waals surface area contributed by atoms with Gasteiger partial charge < -0.3 is 0 Å². The average Bonchev–Trinajstić information content (AvgIpc) is 2.93. The molecule has 2 aromatic rings. The first-order chi connectivity index (χ1) is 9.12. The van der Waals surface area contributed by atoms with Crippen molar-refractivity contribution in [3.63, 3.8) is 0 Å². The molecule has 0 bridgehead atoms. The van der Waals surface area contributed by atoms with Crippen LogP contribution in [0.5, 0.6) is 0 Å². The molecular formula is C13H15NO2S3. The van der Waals surface area contributed by atoms with Gasteiger partial charge in [-0.1, -0.05) is 25.1 Å². The van der Waals surface area contributed by atoms with Crippen LogP contribution >= 0.6 is 23.1 Å². The molecule has 0 unspecified atom stereocenters. The molecule has 1 aromatic heterocycles. The predicted octanol–water partition coefficient (Wildman–Crippen LogP) is 3.34. The van der Waals surface area contributed by atoms with Crippen LogP contribution in [0.1, 0.15) is 12.5 Å². The molecule has 0 aliphatic carbocycles. The maximum absolute atomic E-state index is 11.9. The lowest BCUT2D eigenvalue weighted by molar-refractivity contribution is 0.583. The summed E-state index contributed by atoms with van der Waals surface area (Å²) in [5.74, 6) is 1.03. The number of rotatable bonds is 6. The first-order valence-electron chi connectivity index (χ1n) is 5.87. The summed E-state index contributed by atoms with van der Waals surface area (Å²) in [5, 5.41) is 1.76. The molecule has 19 heavy (non-hydrogen) atoms. The van der Waals surface area contributed by atoms with Gasteiger partial charge in [0.2, 0.25) is 10.0 Å². The highest BCUT2D eigenvalue weighted by atomic mass is 32.2. The number of hydrogen-bond donors (Lipinski definition) is 1. The van der Waals surface area contributed by atoms with Crippen LogP contribution in [0.3, 0.4) is 0 Å². The van der Waals surface area contributed by atoms with Crippen molar-refractivity contribution in [3.05, 3.63) is 47.3 Å². The zero-order valence-electron chi connectivity index (χ0n) is 10.5. The molecule has 0 amide bonds. The number of sulfonamides is 1. The van der Waals surface area contributed by atoms with E-state index in [0.29, 0.717) is 10.8 Å². The third-order valence-electron chi connectivity index (χ3n) is 2.46.